The second-order valence-electron chi connectivity index (χ2n) is 7.04. The molecule has 0 bridgehead atoms. The Bertz CT molecular complexity index is 676. The molecule has 0 heterocycles. The van der Waals surface area contributed by atoms with Gasteiger partial charge in [0, 0.05) is 11.0 Å². The van der Waals surface area contributed by atoms with Crippen molar-refractivity contribution in [1.82, 2.24) is 5.32 Å². The van der Waals surface area contributed by atoms with Gasteiger partial charge in [0.2, 0.25) is 0 Å². The fourth-order valence-corrected chi connectivity index (χ4v) is 3.55. The molecule has 0 aromatic heterocycles. The van der Waals surface area contributed by atoms with Crippen LogP contribution in [0.3, 0.4) is 0 Å². The highest BCUT2D eigenvalue weighted by molar-refractivity contribution is 9.10. The van der Waals surface area contributed by atoms with Crippen molar-refractivity contribution in [2.45, 2.75) is 65.5 Å². The van der Waals surface area contributed by atoms with E-state index in [9.17, 15) is 0 Å². The molecule has 0 fully saturated rings. The van der Waals surface area contributed by atoms with Crippen LogP contribution < -0.4 is 14.8 Å². The van der Waals surface area contributed by atoms with Gasteiger partial charge >= 0.3 is 0 Å². The quantitative estimate of drug-likeness (QED) is 0.320. The number of hydrogen-bond donors (Lipinski definition) is 1. The lowest BCUT2D eigenvalue weighted by molar-refractivity contribution is 0.269. The van der Waals surface area contributed by atoms with Crippen LogP contribution in [0.2, 0.25) is 0 Å². The van der Waals surface area contributed by atoms with E-state index in [0.717, 1.165) is 34.6 Å². The summed E-state index contributed by atoms with van der Waals surface area (Å²) >= 11 is 3.69. The second-order valence-corrected chi connectivity index (χ2v) is 7.90. The Labute approximate surface area is 179 Å². The van der Waals surface area contributed by atoms with Crippen molar-refractivity contribution < 1.29 is 9.47 Å². The molecule has 0 radical (unpaired) electrons. The zero-order chi connectivity index (χ0) is 20.0. The van der Waals surface area contributed by atoms with E-state index in [4.69, 9.17) is 9.47 Å². The molecule has 0 unspecified atom stereocenters. The molecule has 154 valence electrons. The van der Waals surface area contributed by atoms with E-state index in [-0.39, 0.29) is 0 Å². The SMILES string of the molecule is CCCCCCCCNCc1cc(OCC)c(OCc2ccccc2)cc1Br. The van der Waals surface area contributed by atoms with Crippen LogP contribution in [-0.4, -0.2) is 13.2 Å². The summed E-state index contributed by atoms with van der Waals surface area (Å²) in [7, 11) is 0. The minimum absolute atomic E-state index is 0.531. The summed E-state index contributed by atoms with van der Waals surface area (Å²) in [5.41, 5.74) is 2.34. The van der Waals surface area contributed by atoms with Crippen LogP contribution in [0.4, 0.5) is 0 Å². The molecule has 0 aliphatic heterocycles. The highest BCUT2D eigenvalue weighted by Crippen LogP contribution is 2.34. The molecule has 3 nitrogen and oxygen atoms in total. The van der Waals surface area contributed by atoms with Crippen molar-refractivity contribution in [3.8, 4) is 11.5 Å². The fraction of sp³-hybridized carbons (Fsp3) is 0.500. The van der Waals surface area contributed by atoms with Crippen LogP contribution in [-0.2, 0) is 13.2 Å². The van der Waals surface area contributed by atoms with E-state index in [1.807, 2.05) is 31.2 Å². The van der Waals surface area contributed by atoms with Crippen LogP contribution in [0.5, 0.6) is 11.5 Å². The lowest BCUT2D eigenvalue weighted by Crippen LogP contribution is -2.15. The van der Waals surface area contributed by atoms with Gasteiger partial charge in [-0.25, -0.2) is 0 Å². The summed E-state index contributed by atoms with van der Waals surface area (Å²) in [5.74, 6) is 1.58. The van der Waals surface area contributed by atoms with Crippen LogP contribution in [0, 0.1) is 0 Å². The molecule has 1 N–H and O–H groups in total. The Morgan fingerprint density at radius 1 is 0.857 bits per heavy atom. The van der Waals surface area contributed by atoms with Gasteiger partial charge in [-0.3, -0.25) is 0 Å². The van der Waals surface area contributed by atoms with Gasteiger partial charge < -0.3 is 14.8 Å². The molecule has 2 rings (SSSR count). The highest BCUT2D eigenvalue weighted by Gasteiger charge is 2.11. The molecular formula is C24H34BrNO2. The topological polar surface area (TPSA) is 30.5 Å². The smallest absolute Gasteiger partial charge is 0.162 e. The third kappa shape index (κ3) is 8.24. The molecular weight excluding hydrogens is 414 g/mol. The Hall–Kier alpha value is -1.52. The summed E-state index contributed by atoms with van der Waals surface area (Å²) in [6, 6.07) is 14.3. The predicted molar refractivity (Wildman–Crippen MR) is 121 cm³/mol. The normalized spacial score (nSPS) is 10.8. The molecule has 4 heteroatoms. The molecule has 28 heavy (non-hydrogen) atoms. The third-order valence-corrected chi connectivity index (χ3v) is 5.41. The first-order chi connectivity index (χ1) is 13.7. The fourth-order valence-electron chi connectivity index (χ4n) is 3.08. The number of hydrogen-bond acceptors (Lipinski definition) is 3. The van der Waals surface area contributed by atoms with E-state index in [0.29, 0.717) is 13.2 Å². The second kappa shape index (κ2) is 13.6. The minimum atomic E-state index is 0.531. The Morgan fingerprint density at radius 3 is 2.32 bits per heavy atom. The Morgan fingerprint density at radius 2 is 1.57 bits per heavy atom. The summed E-state index contributed by atoms with van der Waals surface area (Å²) in [5, 5.41) is 3.55. The number of nitrogens with one attached hydrogen (secondary N) is 1. The zero-order valence-corrected chi connectivity index (χ0v) is 18.9. The largest absolute Gasteiger partial charge is 0.490 e. The van der Waals surface area contributed by atoms with Crippen LogP contribution in [0.1, 0.15) is 63.5 Å². The zero-order valence-electron chi connectivity index (χ0n) is 17.3. The molecule has 2 aromatic rings. The van der Waals surface area contributed by atoms with E-state index in [1.165, 1.54) is 44.1 Å². The van der Waals surface area contributed by atoms with Crippen molar-refractivity contribution in [3.63, 3.8) is 0 Å². The number of rotatable bonds is 14. The molecule has 0 saturated heterocycles. The monoisotopic (exact) mass is 447 g/mol. The van der Waals surface area contributed by atoms with Crippen LogP contribution in [0.25, 0.3) is 0 Å². The predicted octanol–water partition coefficient (Wildman–Crippen LogP) is 6.88. The number of ether oxygens (including phenoxy) is 2. The first-order valence-electron chi connectivity index (χ1n) is 10.6. The summed E-state index contributed by atoms with van der Waals surface area (Å²) < 4.78 is 12.9. The Balaban J connectivity index is 1.86. The minimum Gasteiger partial charge on any atom is -0.490 e. The maximum Gasteiger partial charge on any atom is 0.162 e. The third-order valence-electron chi connectivity index (χ3n) is 4.67. The van der Waals surface area contributed by atoms with Gasteiger partial charge in [0.05, 0.1) is 6.61 Å². The average Bonchev–Trinajstić information content (AvgIpc) is 2.71. The number of benzene rings is 2. The van der Waals surface area contributed by atoms with E-state index >= 15 is 0 Å². The van der Waals surface area contributed by atoms with Gasteiger partial charge in [0.25, 0.3) is 0 Å². The first-order valence-corrected chi connectivity index (χ1v) is 11.4. The Kier molecular flexibility index (Phi) is 11.1. The lowest BCUT2D eigenvalue weighted by Gasteiger charge is -2.15. The molecule has 0 saturated carbocycles. The maximum atomic E-state index is 6.03. The summed E-state index contributed by atoms with van der Waals surface area (Å²) in [6.07, 6.45) is 7.92. The average molecular weight is 448 g/mol. The summed E-state index contributed by atoms with van der Waals surface area (Å²) in [6.45, 7) is 7.29. The molecule has 0 aliphatic carbocycles. The molecule has 0 amide bonds. The van der Waals surface area contributed by atoms with Gasteiger partial charge in [0.15, 0.2) is 11.5 Å². The van der Waals surface area contributed by atoms with Gasteiger partial charge in [-0.05, 0) is 43.1 Å². The van der Waals surface area contributed by atoms with Crippen molar-refractivity contribution in [2.75, 3.05) is 13.2 Å². The molecule has 0 atom stereocenters. The number of unbranched alkanes of at least 4 members (excludes halogenated alkanes) is 5. The molecule has 2 aromatic carbocycles. The molecule has 0 spiro atoms. The number of halogens is 1. The van der Waals surface area contributed by atoms with Crippen molar-refractivity contribution in [2.24, 2.45) is 0 Å². The first kappa shape index (κ1) is 22.8. The van der Waals surface area contributed by atoms with Gasteiger partial charge in [-0.2, -0.15) is 0 Å². The van der Waals surface area contributed by atoms with E-state index in [1.54, 1.807) is 0 Å². The highest BCUT2D eigenvalue weighted by atomic mass is 79.9. The van der Waals surface area contributed by atoms with E-state index < -0.39 is 0 Å². The van der Waals surface area contributed by atoms with Crippen molar-refractivity contribution in [1.29, 1.82) is 0 Å². The molecule has 0 aliphatic rings. The van der Waals surface area contributed by atoms with E-state index in [2.05, 4.69) is 46.4 Å². The van der Waals surface area contributed by atoms with Crippen molar-refractivity contribution >= 4 is 15.9 Å². The summed E-state index contributed by atoms with van der Waals surface area (Å²) in [4.78, 5) is 0. The van der Waals surface area contributed by atoms with Gasteiger partial charge in [-0.15, -0.1) is 0 Å². The van der Waals surface area contributed by atoms with Crippen LogP contribution >= 0.6 is 15.9 Å². The van der Waals surface area contributed by atoms with Crippen molar-refractivity contribution in [3.05, 3.63) is 58.1 Å². The van der Waals surface area contributed by atoms with Crippen LogP contribution in [0.15, 0.2) is 46.9 Å². The maximum absolute atomic E-state index is 6.03. The standard InChI is InChI=1S/C24H34BrNO2/c1-3-5-6-7-8-12-15-26-18-21-16-23(27-4-2)24(17-22(21)25)28-19-20-13-10-9-11-14-20/h9-11,13-14,16-17,26H,3-8,12,15,18-19H2,1-2H3. The van der Waals surface area contributed by atoms with Gasteiger partial charge in [-0.1, -0.05) is 85.3 Å². The lowest BCUT2D eigenvalue weighted by atomic mass is 10.1. The van der Waals surface area contributed by atoms with Gasteiger partial charge in [0.1, 0.15) is 6.61 Å².